The second-order valence-electron chi connectivity index (χ2n) is 13.0. The van der Waals surface area contributed by atoms with Crippen LogP contribution in [0.3, 0.4) is 0 Å². The molecule has 3 aliphatic heterocycles. The number of phenols is 1. The second-order valence-corrected chi connectivity index (χ2v) is 14.7. The summed E-state index contributed by atoms with van der Waals surface area (Å²) in [5, 5.41) is 13.2. The molecular formula is C37H42Br2N6O8. The number of benzene rings is 2. The summed E-state index contributed by atoms with van der Waals surface area (Å²) in [4.78, 5) is 77.0. The summed E-state index contributed by atoms with van der Waals surface area (Å²) in [7, 11) is 0. The smallest absolute Gasteiger partial charge is 0.410 e. The van der Waals surface area contributed by atoms with Gasteiger partial charge in [0.25, 0.3) is 5.91 Å². The van der Waals surface area contributed by atoms with Crippen LogP contribution in [0.5, 0.6) is 5.75 Å². The predicted octanol–water partition coefficient (Wildman–Crippen LogP) is 5.28. The lowest BCUT2D eigenvalue weighted by atomic mass is 10.0. The van der Waals surface area contributed by atoms with E-state index in [1.807, 2.05) is 29.2 Å². The van der Waals surface area contributed by atoms with Crippen molar-refractivity contribution in [1.29, 1.82) is 0 Å². The SMILES string of the molecule is CCOC(=O)CCC(=O)N1CCC(N=C=C=NC(=O)[C@@H](Cc2cc(Br)c(O)c(Br)c2)OC(=O)N2CCC(N3CCc4ccccc4NC3=O)CC2)CC1. The Morgan fingerprint density at radius 1 is 0.962 bits per heavy atom. The summed E-state index contributed by atoms with van der Waals surface area (Å²) in [6, 6.07) is 10.6. The molecule has 2 aromatic rings. The zero-order chi connectivity index (χ0) is 37.9. The van der Waals surface area contributed by atoms with Crippen LogP contribution >= 0.6 is 31.9 Å². The topological polar surface area (TPSA) is 171 Å². The number of hydrogen-bond donors (Lipinski definition) is 2. The number of halogens is 2. The lowest BCUT2D eigenvalue weighted by Gasteiger charge is -2.37. The molecule has 0 radical (unpaired) electrons. The Kier molecular flexibility index (Phi) is 14.3. The largest absolute Gasteiger partial charge is 0.506 e. The molecule has 0 aliphatic carbocycles. The first-order valence-electron chi connectivity index (χ1n) is 17.7. The molecule has 2 aromatic carbocycles. The van der Waals surface area contributed by atoms with Gasteiger partial charge in [0.2, 0.25) is 5.91 Å². The number of amides is 5. The number of carbonyl (C=O) groups is 5. The number of hydrogen-bond acceptors (Lipinski definition) is 9. The molecule has 1 atom stereocenters. The van der Waals surface area contributed by atoms with Crippen LogP contribution < -0.4 is 5.32 Å². The summed E-state index contributed by atoms with van der Waals surface area (Å²) in [5.41, 5.74) is 2.48. The lowest BCUT2D eigenvalue weighted by molar-refractivity contribution is -0.145. The van der Waals surface area contributed by atoms with Crippen molar-refractivity contribution in [3.8, 4) is 5.75 Å². The third-order valence-electron chi connectivity index (χ3n) is 9.45. The molecule has 5 amide bonds. The van der Waals surface area contributed by atoms with E-state index >= 15 is 0 Å². The fourth-order valence-corrected chi connectivity index (χ4v) is 7.82. The van der Waals surface area contributed by atoms with Crippen LogP contribution in [0.25, 0.3) is 0 Å². The van der Waals surface area contributed by atoms with E-state index in [1.165, 1.54) is 4.90 Å². The number of carbonyl (C=O) groups excluding carboxylic acids is 5. The molecule has 53 heavy (non-hydrogen) atoms. The van der Waals surface area contributed by atoms with Crippen molar-refractivity contribution < 1.29 is 38.6 Å². The van der Waals surface area contributed by atoms with Crippen molar-refractivity contribution in [2.45, 2.75) is 76.5 Å². The van der Waals surface area contributed by atoms with Crippen molar-refractivity contribution in [2.75, 3.05) is 44.6 Å². The van der Waals surface area contributed by atoms with E-state index in [2.05, 4.69) is 58.9 Å². The highest BCUT2D eigenvalue weighted by atomic mass is 79.9. The number of aromatic hydroxyl groups is 1. The van der Waals surface area contributed by atoms with Gasteiger partial charge in [0.15, 0.2) is 6.10 Å². The highest BCUT2D eigenvalue weighted by Crippen LogP contribution is 2.34. The fourth-order valence-electron chi connectivity index (χ4n) is 6.54. The number of fused-ring (bicyclic) bond motifs is 1. The number of piperidine rings is 2. The van der Waals surface area contributed by atoms with Gasteiger partial charge < -0.3 is 34.6 Å². The maximum absolute atomic E-state index is 13.4. The number of rotatable bonds is 10. The third kappa shape index (κ3) is 11.0. The molecule has 2 N–H and O–H groups in total. The van der Waals surface area contributed by atoms with E-state index in [0.717, 1.165) is 17.7 Å². The standard InChI is InChI=1S/C37H42Br2N6O8/c1-2-52-33(47)8-7-32(46)43-16-10-26(11-17-43)40-14-15-41-35(49)31(23-24-21-28(38)34(48)29(39)22-24)53-37(51)44-18-12-27(13-19-44)45-20-9-25-5-3-4-6-30(25)42-36(45)50/h3-6,21-22,26-27,31,48H,2,7-13,16-20,23H2,1H3,(H,42,50)/t31-/m1/s1. The minimum atomic E-state index is -1.31. The minimum absolute atomic E-state index is 0.0116. The number of phenolic OH excluding ortho intramolecular Hbond substituents is 1. The van der Waals surface area contributed by atoms with Crippen molar-refractivity contribution in [3.05, 3.63) is 56.5 Å². The number of aliphatic imine (C=N–C) groups is 2. The van der Waals surface area contributed by atoms with E-state index in [9.17, 15) is 29.1 Å². The van der Waals surface area contributed by atoms with Crippen LogP contribution in [-0.2, 0) is 36.7 Å². The molecule has 16 heteroatoms. The fraction of sp³-hybridized carbons (Fsp3) is 0.486. The van der Waals surface area contributed by atoms with Gasteiger partial charge in [-0.15, -0.1) is 0 Å². The van der Waals surface area contributed by atoms with Gasteiger partial charge in [0.05, 0.1) is 39.8 Å². The van der Waals surface area contributed by atoms with Crippen molar-refractivity contribution in [2.24, 2.45) is 9.98 Å². The quantitative estimate of drug-likeness (QED) is 0.240. The van der Waals surface area contributed by atoms with Gasteiger partial charge in [0, 0.05) is 57.3 Å². The van der Waals surface area contributed by atoms with E-state index in [-0.39, 0.29) is 55.6 Å². The number of para-hydroxylation sites is 1. The normalized spacial score (nSPS) is 17.0. The maximum atomic E-state index is 13.4. The van der Waals surface area contributed by atoms with Gasteiger partial charge in [-0.2, -0.15) is 4.99 Å². The van der Waals surface area contributed by atoms with E-state index < -0.39 is 24.1 Å². The molecule has 0 bridgehead atoms. The van der Waals surface area contributed by atoms with Gasteiger partial charge in [-0.1, -0.05) is 18.2 Å². The summed E-state index contributed by atoms with van der Waals surface area (Å²) in [5.74, 6) is 3.74. The molecule has 3 heterocycles. The Morgan fingerprint density at radius 3 is 2.34 bits per heavy atom. The van der Waals surface area contributed by atoms with Crippen LogP contribution in [0, 0.1) is 0 Å². The number of likely N-dealkylation sites (tertiary alicyclic amines) is 2. The van der Waals surface area contributed by atoms with E-state index in [4.69, 9.17) is 9.47 Å². The van der Waals surface area contributed by atoms with Gasteiger partial charge in [-0.05, 0) is 100 Å². The average molecular weight is 859 g/mol. The van der Waals surface area contributed by atoms with Crippen molar-refractivity contribution >= 4 is 79.2 Å². The number of esters is 1. The van der Waals surface area contributed by atoms with Crippen LogP contribution in [0.15, 0.2) is 55.3 Å². The first-order valence-corrected chi connectivity index (χ1v) is 19.3. The van der Waals surface area contributed by atoms with Crippen LogP contribution in [0.1, 0.15) is 56.6 Å². The number of ether oxygens (including phenoxy) is 2. The van der Waals surface area contributed by atoms with Crippen molar-refractivity contribution in [1.82, 2.24) is 14.7 Å². The molecule has 14 nitrogen and oxygen atoms in total. The minimum Gasteiger partial charge on any atom is -0.506 e. The molecule has 2 fully saturated rings. The molecule has 0 saturated carbocycles. The van der Waals surface area contributed by atoms with Crippen LogP contribution in [0.2, 0.25) is 0 Å². The summed E-state index contributed by atoms with van der Waals surface area (Å²) in [6.07, 6.45) is 1.10. The Bertz CT molecular complexity index is 1770. The summed E-state index contributed by atoms with van der Waals surface area (Å²) < 4.78 is 11.4. The molecule has 3 aliphatic rings. The monoisotopic (exact) mass is 856 g/mol. The highest BCUT2D eigenvalue weighted by Gasteiger charge is 2.34. The molecule has 5 rings (SSSR count). The van der Waals surface area contributed by atoms with Crippen LogP contribution in [-0.4, -0.2) is 119 Å². The first kappa shape index (κ1) is 39.7. The van der Waals surface area contributed by atoms with Gasteiger partial charge in [0.1, 0.15) is 5.75 Å². The predicted molar refractivity (Wildman–Crippen MR) is 203 cm³/mol. The Balaban J connectivity index is 1.18. The average Bonchev–Trinajstić information content (AvgIpc) is 3.32. The number of nitrogens with one attached hydrogen (secondary N) is 1. The van der Waals surface area contributed by atoms with Gasteiger partial charge in [-0.3, -0.25) is 14.4 Å². The third-order valence-corrected chi connectivity index (χ3v) is 10.7. The molecular weight excluding hydrogens is 816 g/mol. The Labute approximate surface area is 324 Å². The van der Waals surface area contributed by atoms with Gasteiger partial charge >= 0.3 is 18.1 Å². The zero-order valence-electron chi connectivity index (χ0n) is 29.4. The Morgan fingerprint density at radius 2 is 1.64 bits per heavy atom. The second kappa shape index (κ2) is 19.0. The molecule has 2 saturated heterocycles. The summed E-state index contributed by atoms with van der Waals surface area (Å²) in [6.45, 7) is 4.18. The molecule has 0 unspecified atom stereocenters. The number of urea groups is 1. The maximum Gasteiger partial charge on any atom is 0.410 e. The molecule has 0 aromatic heterocycles. The lowest BCUT2D eigenvalue weighted by Crippen LogP contribution is -2.50. The van der Waals surface area contributed by atoms with Gasteiger partial charge in [-0.25, -0.2) is 14.6 Å². The Hall–Kier alpha value is -4.49. The molecule has 282 valence electrons. The van der Waals surface area contributed by atoms with E-state index in [0.29, 0.717) is 72.9 Å². The number of anilines is 1. The highest BCUT2D eigenvalue weighted by molar-refractivity contribution is 9.11. The molecule has 0 spiro atoms. The first-order chi connectivity index (χ1) is 25.5. The number of nitrogens with zero attached hydrogens (tertiary/aromatic N) is 5. The summed E-state index contributed by atoms with van der Waals surface area (Å²) >= 11 is 6.60. The van der Waals surface area contributed by atoms with Crippen molar-refractivity contribution in [3.63, 3.8) is 0 Å². The van der Waals surface area contributed by atoms with E-state index in [1.54, 1.807) is 24.0 Å². The zero-order valence-corrected chi connectivity index (χ0v) is 32.6. The van der Waals surface area contributed by atoms with Crippen LogP contribution in [0.4, 0.5) is 15.3 Å².